The maximum atomic E-state index is 15.4. The molecule has 3 aromatic rings. The highest BCUT2D eigenvalue weighted by Crippen LogP contribution is 2.34. The molecule has 10 heteroatoms. The lowest BCUT2D eigenvalue weighted by molar-refractivity contribution is 0.0486. The molecule has 1 aliphatic carbocycles. The van der Waals surface area contributed by atoms with Gasteiger partial charge in [-0.2, -0.15) is 9.78 Å². The third-order valence-corrected chi connectivity index (χ3v) is 6.35. The van der Waals surface area contributed by atoms with Gasteiger partial charge in [-0.15, -0.1) is 0 Å². The smallest absolute Gasteiger partial charge is 0.256 e. The van der Waals surface area contributed by atoms with Crippen LogP contribution in [0.25, 0.3) is 5.82 Å². The second kappa shape index (κ2) is 8.84. The van der Waals surface area contributed by atoms with Gasteiger partial charge < -0.3 is 9.80 Å². The molecule has 2 atom stereocenters. The Hall–Kier alpha value is -3.43. The van der Waals surface area contributed by atoms with E-state index in [9.17, 15) is 4.79 Å². The molecular formula is C23H27FN8O. The summed E-state index contributed by atoms with van der Waals surface area (Å²) in [7, 11) is 0. The van der Waals surface area contributed by atoms with Gasteiger partial charge in [-0.25, -0.2) is 24.3 Å². The summed E-state index contributed by atoms with van der Waals surface area (Å²) in [5.41, 5.74) is 1.51. The SMILES string of the molecule is CCc1cnc(N2CC[C@@H](N(C(=O)c3ccc(-n4ncnc4C)nc3)C3CC3)[C@@H](F)C2)nc1. The Labute approximate surface area is 191 Å². The number of carbonyl (C=O) groups is 1. The van der Waals surface area contributed by atoms with Crippen molar-refractivity contribution < 1.29 is 9.18 Å². The van der Waals surface area contributed by atoms with Crippen LogP contribution in [0.3, 0.4) is 0 Å². The van der Waals surface area contributed by atoms with Crippen molar-refractivity contribution in [1.29, 1.82) is 0 Å². The van der Waals surface area contributed by atoms with Crippen molar-refractivity contribution >= 4 is 11.9 Å². The van der Waals surface area contributed by atoms with Crippen LogP contribution in [0.4, 0.5) is 10.3 Å². The van der Waals surface area contributed by atoms with Crippen LogP contribution >= 0.6 is 0 Å². The summed E-state index contributed by atoms with van der Waals surface area (Å²) >= 11 is 0. The molecule has 0 unspecified atom stereocenters. The van der Waals surface area contributed by atoms with E-state index < -0.39 is 12.2 Å². The largest absolute Gasteiger partial charge is 0.338 e. The molecule has 0 bridgehead atoms. The molecule has 172 valence electrons. The quantitative estimate of drug-likeness (QED) is 0.570. The van der Waals surface area contributed by atoms with Crippen LogP contribution in [0.15, 0.2) is 37.1 Å². The summed E-state index contributed by atoms with van der Waals surface area (Å²) in [5.74, 6) is 1.67. The van der Waals surface area contributed by atoms with Crippen molar-refractivity contribution in [3.8, 4) is 5.82 Å². The number of nitrogens with zero attached hydrogens (tertiary/aromatic N) is 8. The molecule has 3 aromatic heterocycles. The summed E-state index contributed by atoms with van der Waals surface area (Å²) in [6, 6.07) is 3.09. The average Bonchev–Trinajstić information content (AvgIpc) is 3.59. The first kappa shape index (κ1) is 21.4. The molecule has 2 fully saturated rings. The molecule has 0 N–H and O–H groups in total. The molecule has 1 amide bonds. The van der Waals surface area contributed by atoms with E-state index in [0.717, 1.165) is 24.8 Å². The van der Waals surface area contributed by atoms with Crippen LogP contribution in [0.2, 0.25) is 0 Å². The molecule has 9 nitrogen and oxygen atoms in total. The maximum absolute atomic E-state index is 15.4. The van der Waals surface area contributed by atoms with Gasteiger partial charge in [-0.05, 0) is 50.3 Å². The van der Waals surface area contributed by atoms with Crippen LogP contribution < -0.4 is 4.90 Å². The van der Waals surface area contributed by atoms with E-state index in [1.165, 1.54) is 6.33 Å². The summed E-state index contributed by atoms with van der Waals surface area (Å²) in [5, 5.41) is 4.14. The Morgan fingerprint density at radius 2 is 1.91 bits per heavy atom. The lowest BCUT2D eigenvalue weighted by Crippen LogP contribution is -2.55. The van der Waals surface area contributed by atoms with Crippen molar-refractivity contribution in [1.82, 2.24) is 34.6 Å². The van der Waals surface area contributed by atoms with Gasteiger partial charge in [0.25, 0.3) is 5.91 Å². The van der Waals surface area contributed by atoms with Crippen LogP contribution in [-0.2, 0) is 6.42 Å². The normalized spacial score (nSPS) is 20.6. The average molecular weight is 451 g/mol. The number of hydrogen-bond acceptors (Lipinski definition) is 7. The minimum atomic E-state index is -1.18. The van der Waals surface area contributed by atoms with Crippen LogP contribution in [0.5, 0.6) is 0 Å². The molecule has 1 aliphatic heterocycles. The Morgan fingerprint density at radius 1 is 1.12 bits per heavy atom. The fourth-order valence-electron chi connectivity index (χ4n) is 4.33. The van der Waals surface area contributed by atoms with Gasteiger partial charge in [-0.1, -0.05) is 6.92 Å². The molecule has 0 radical (unpaired) electrons. The van der Waals surface area contributed by atoms with Gasteiger partial charge in [0, 0.05) is 31.2 Å². The Bertz CT molecular complexity index is 1110. The number of aromatic nitrogens is 6. The van der Waals surface area contributed by atoms with Gasteiger partial charge in [0.15, 0.2) is 5.82 Å². The zero-order valence-electron chi connectivity index (χ0n) is 18.8. The highest BCUT2D eigenvalue weighted by atomic mass is 19.1. The predicted molar refractivity (Wildman–Crippen MR) is 120 cm³/mol. The molecule has 33 heavy (non-hydrogen) atoms. The van der Waals surface area contributed by atoms with Crippen LogP contribution in [0, 0.1) is 6.92 Å². The van der Waals surface area contributed by atoms with E-state index >= 15 is 4.39 Å². The number of amides is 1. The fourth-order valence-corrected chi connectivity index (χ4v) is 4.33. The molecule has 0 spiro atoms. The Morgan fingerprint density at radius 3 is 2.48 bits per heavy atom. The predicted octanol–water partition coefficient (Wildman–Crippen LogP) is 2.54. The van der Waals surface area contributed by atoms with Crippen molar-refractivity contribution in [2.24, 2.45) is 0 Å². The first-order valence-corrected chi connectivity index (χ1v) is 11.4. The number of rotatable bonds is 6. The minimum Gasteiger partial charge on any atom is -0.338 e. The second-order valence-electron chi connectivity index (χ2n) is 8.63. The summed E-state index contributed by atoms with van der Waals surface area (Å²) in [6.07, 6.45) is 8.61. The first-order chi connectivity index (χ1) is 16.0. The van der Waals surface area contributed by atoms with Gasteiger partial charge >= 0.3 is 0 Å². The van der Waals surface area contributed by atoms with Crippen molar-refractivity contribution in [2.75, 3.05) is 18.0 Å². The lowest BCUT2D eigenvalue weighted by Gasteiger charge is -2.41. The lowest BCUT2D eigenvalue weighted by atomic mass is 10.00. The third-order valence-electron chi connectivity index (χ3n) is 6.35. The molecule has 1 saturated heterocycles. The zero-order valence-corrected chi connectivity index (χ0v) is 18.8. The number of carbonyl (C=O) groups excluding carboxylic acids is 1. The highest BCUT2D eigenvalue weighted by Gasteiger charge is 2.43. The van der Waals surface area contributed by atoms with Crippen molar-refractivity contribution in [2.45, 2.75) is 57.8 Å². The molecule has 4 heterocycles. The molecular weight excluding hydrogens is 423 g/mol. The maximum Gasteiger partial charge on any atom is 0.256 e. The van der Waals surface area contributed by atoms with E-state index in [4.69, 9.17) is 0 Å². The Balaban J connectivity index is 1.30. The molecule has 1 saturated carbocycles. The number of hydrogen-bond donors (Lipinski definition) is 0. The van der Waals surface area contributed by atoms with E-state index in [2.05, 4.69) is 25.0 Å². The second-order valence-corrected chi connectivity index (χ2v) is 8.63. The zero-order chi connectivity index (χ0) is 22.9. The van der Waals surface area contributed by atoms with E-state index in [-0.39, 0.29) is 18.5 Å². The topological polar surface area (TPSA) is 92.9 Å². The monoisotopic (exact) mass is 450 g/mol. The highest BCUT2D eigenvalue weighted by molar-refractivity contribution is 5.94. The number of anilines is 1. The number of aryl methyl sites for hydroxylation is 2. The van der Waals surface area contributed by atoms with E-state index in [1.807, 2.05) is 18.7 Å². The molecule has 2 aliphatic rings. The van der Waals surface area contributed by atoms with Crippen molar-refractivity contribution in [3.63, 3.8) is 0 Å². The van der Waals surface area contributed by atoms with E-state index in [0.29, 0.717) is 36.1 Å². The van der Waals surface area contributed by atoms with Crippen LogP contribution in [-0.4, -0.2) is 71.9 Å². The number of alkyl halides is 1. The van der Waals surface area contributed by atoms with Gasteiger partial charge in [0.05, 0.1) is 18.2 Å². The van der Waals surface area contributed by atoms with Gasteiger partial charge in [0.1, 0.15) is 18.3 Å². The minimum absolute atomic E-state index is 0.0876. The van der Waals surface area contributed by atoms with E-state index in [1.54, 1.807) is 40.3 Å². The van der Waals surface area contributed by atoms with Gasteiger partial charge in [0.2, 0.25) is 5.95 Å². The number of pyridine rings is 1. The third kappa shape index (κ3) is 4.29. The first-order valence-electron chi connectivity index (χ1n) is 11.4. The summed E-state index contributed by atoms with van der Waals surface area (Å²) in [6.45, 7) is 4.66. The molecule has 5 rings (SSSR count). The number of piperidine rings is 1. The fraction of sp³-hybridized carbons (Fsp3) is 0.478. The summed E-state index contributed by atoms with van der Waals surface area (Å²) < 4.78 is 17.0. The summed E-state index contributed by atoms with van der Waals surface area (Å²) in [4.78, 5) is 34.3. The Kier molecular flexibility index (Phi) is 5.74. The molecule has 0 aromatic carbocycles. The number of halogens is 1. The van der Waals surface area contributed by atoms with Gasteiger partial charge in [-0.3, -0.25) is 4.79 Å². The van der Waals surface area contributed by atoms with Crippen molar-refractivity contribution in [3.05, 3.63) is 54.0 Å². The standard InChI is InChI=1S/C23H27FN8O/c1-3-16-10-26-23(27-11-16)30-9-8-20(19(24)13-30)31(18-5-6-18)22(33)17-4-7-21(25-12-17)32-15(2)28-14-29-32/h4,7,10-12,14,18-20H,3,5-6,8-9,13H2,1-2H3/t19-,20+/m0/s1. The van der Waals surface area contributed by atoms with Crippen LogP contribution in [0.1, 0.15) is 47.9 Å².